The number of ether oxygens (including phenoxy) is 3. The topological polar surface area (TPSA) is 49.3 Å². The molecule has 0 amide bonds. The number of hydrogen-bond donors (Lipinski definition) is 0. The van der Waals surface area contributed by atoms with E-state index in [-0.39, 0.29) is 16.7 Å². The molecule has 30 heavy (non-hydrogen) atoms. The van der Waals surface area contributed by atoms with Gasteiger partial charge in [-0.15, -0.1) is 0 Å². The number of oxime groups is 1. The Hall–Kier alpha value is -0.850. The highest BCUT2D eigenvalue weighted by molar-refractivity contribution is 6.55. The Balaban J connectivity index is 2.24. The van der Waals surface area contributed by atoms with Gasteiger partial charge in [-0.3, -0.25) is 0 Å². The first-order valence-corrected chi connectivity index (χ1v) is 11.1. The summed E-state index contributed by atoms with van der Waals surface area (Å²) in [5.41, 5.74) is 0.516. The van der Waals surface area contributed by atoms with Crippen molar-refractivity contribution in [2.75, 3.05) is 26.4 Å². The van der Waals surface area contributed by atoms with Gasteiger partial charge >= 0.3 is 0 Å². The molecule has 0 spiro atoms. The Labute approximate surface area is 199 Å². The molecule has 0 unspecified atom stereocenters. The third-order valence-corrected chi connectivity index (χ3v) is 4.30. The van der Waals surface area contributed by atoms with Crippen molar-refractivity contribution >= 4 is 52.1 Å². The smallest absolute Gasteiger partial charge is 0.156 e. The van der Waals surface area contributed by atoms with Gasteiger partial charge in [0, 0.05) is 18.7 Å². The fourth-order valence-corrected chi connectivity index (χ4v) is 2.78. The highest BCUT2D eigenvalue weighted by Gasteiger charge is 2.11. The van der Waals surface area contributed by atoms with Crippen LogP contribution in [0.3, 0.4) is 0 Å². The van der Waals surface area contributed by atoms with Crippen LogP contribution in [0.2, 0.25) is 10.0 Å². The molecule has 0 aliphatic rings. The molecule has 0 aliphatic heterocycles. The Kier molecular flexibility index (Phi) is 12.9. The van der Waals surface area contributed by atoms with Gasteiger partial charge < -0.3 is 19.0 Å². The van der Waals surface area contributed by atoms with Crippen molar-refractivity contribution < 1.29 is 19.0 Å². The first-order valence-electron chi connectivity index (χ1n) is 9.63. The van der Waals surface area contributed by atoms with E-state index in [0.29, 0.717) is 41.4 Å². The van der Waals surface area contributed by atoms with Gasteiger partial charge in [0.25, 0.3) is 0 Å². The van der Waals surface area contributed by atoms with Crippen LogP contribution >= 0.6 is 46.4 Å². The largest absolute Gasteiger partial charge is 0.490 e. The van der Waals surface area contributed by atoms with Crippen molar-refractivity contribution in [1.29, 1.82) is 0 Å². The Morgan fingerprint density at radius 3 is 2.23 bits per heavy atom. The van der Waals surface area contributed by atoms with Crippen LogP contribution in [0.15, 0.2) is 27.9 Å². The van der Waals surface area contributed by atoms with Crippen molar-refractivity contribution in [1.82, 2.24) is 0 Å². The number of benzene rings is 1. The van der Waals surface area contributed by atoms with Crippen LogP contribution in [0, 0.1) is 0 Å². The molecule has 170 valence electrons. The summed E-state index contributed by atoms with van der Waals surface area (Å²) < 4.78 is 16.9. The second-order valence-electron chi connectivity index (χ2n) is 7.51. The van der Waals surface area contributed by atoms with Gasteiger partial charge in [0.2, 0.25) is 0 Å². The van der Waals surface area contributed by atoms with E-state index in [1.807, 2.05) is 27.7 Å². The highest BCUT2D eigenvalue weighted by atomic mass is 35.5. The molecule has 0 N–H and O–H groups in total. The van der Waals surface area contributed by atoms with Crippen molar-refractivity contribution in [3.05, 3.63) is 32.7 Å². The molecule has 1 rings (SSSR count). The minimum atomic E-state index is -0.295. The van der Waals surface area contributed by atoms with Crippen molar-refractivity contribution in [2.45, 2.75) is 52.6 Å². The molecule has 0 fully saturated rings. The van der Waals surface area contributed by atoms with Gasteiger partial charge in [0.1, 0.15) is 22.4 Å². The second kappa shape index (κ2) is 14.3. The molecule has 0 bridgehead atoms. The fraction of sp³-hybridized carbons (Fsp3) is 0.571. The lowest BCUT2D eigenvalue weighted by Gasteiger charge is -2.16. The molecule has 1 aromatic rings. The average Bonchev–Trinajstić information content (AvgIpc) is 2.63. The Morgan fingerprint density at radius 1 is 1.00 bits per heavy atom. The standard InChI is InChI=1S/C21H29Cl4NO4/c1-15(26-30-21(2,3)4)14-27-9-6-5-7-10-29-20-17(22)12-16(13-18(20)23)28-11-8-19(24)25/h8,12-13H,5-7,9-11,14H2,1-4H3. The number of hydrogen-bond acceptors (Lipinski definition) is 5. The molecule has 9 heteroatoms. The molecule has 0 radical (unpaired) electrons. The lowest BCUT2D eigenvalue weighted by atomic mass is 10.2. The van der Waals surface area contributed by atoms with E-state index in [4.69, 9.17) is 65.5 Å². The predicted molar refractivity (Wildman–Crippen MR) is 126 cm³/mol. The van der Waals surface area contributed by atoms with Crippen molar-refractivity contribution in [2.24, 2.45) is 5.16 Å². The predicted octanol–water partition coefficient (Wildman–Crippen LogP) is 7.45. The summed E-state index contributed by atoms with van der Waals surface area (Å²) in [5, 5.41) is 4.81. The van der Waals surface area contributed by atoms with Crippen molar-refractivity contribution in [3.8, 4) is 11.5 Å². The number of unbranched alkanes of at least 4 members (excludes halogenated alkanes) is 2. The van der Waals surface area contributed by atoms with Crippen LogP contribution in [-0.4, -0.2) is 37.7 Å². The van der Waals surface area contributed by atoms with Gasteiger partial charge in [-0.25, -0.2) is 0 Å². The quantitative estimate of drug-likeness (QED) is 0.160. The molecule has 0 aromatic heterocycles. The van der Waals surface area contributed by atoms with Crippen LogP contribution in [0.1, 0.15) is 47.0 Å². The van der Waals surface area contributed by atoms with E-state index < -0.39 is 0 Å². The van der Waals surface area contributed by atoms with E-state index in [1.54, 1.807) is 12.1 Å². The van der Waals surface area contributed by atoms with Crippen LogP contribution in [0.25, 0.3) is 0 Å². The summed E-state index contributed by atoms with van der Waals surface area (Å²) in [6, 6.07) is 3.28. The van der Waals surface area contributed by atoms with Gasteiger partial charge in [-0.2, -0.15) is 0 Å². The maximum Gasteiger partial charge on any atom is 0.156 e. The van der Waals surface area contributed by atoms with E-state index in [2.05, 4.69) is 5.16 Å². The zero-order valence-corrected chi connectivity index (χ0v) is 20.8. The monoisotopic (exact) mass is 499 g/mol. The zero-order valence-electron chi connectivity index (χ0n) is 17.8. The second-order valence-corrected chi connectivity index (χ2v) is 9.34. The number of halogens is 4. The van der Waals surface area contributed by atoms with Gasteiger partial charge in [-0.05, 0) is 53.0 Å². The molecule has 0 heterocycles. The fourth-order valence-electron chi connectivity index (χ4n) is 2.08. The summed E-state index contributed by atoms with van der Waals surface area (Å²) in [7, 11) is 0. The maximum absolute atomic E-state index is 6.24. The van der Waals surface area contributed by atoms with Crippen LogP contribution in [0.5, 0.6) is 11.5 Å². The Morgan fingerprint density at radius 2 is 1.63 bits per heavy atom. The van der Waals surface area contributed by atoms with Gasteiger partial charge in [0.05, 0.1) is 29.0 Å². The van der Waals surface area contributed by atoms with E-state index in [9.17, 15) is 0 Å². The van der Waals surface area contributed by atoms with Gasteiger partial charge in [0.15, 0.2) is 5.75 Å². The third kappa shape index (κ3) is 12.8. The summed E-state index contributed by atoms with van der Waals surface area (Å²) in [5.74, 6) is 0.950. The van der Waals surface area contributed by atoms with Crippen LogP contribution in [0.4, 0.5) is 0 Å². The van der Waals surface area contributed by atoms with Crippen molar-refractivity contribution in [3.63, 3.8) is 0 Å². The van der Waals surface area contributed by atoms with E-state index in [0.717, 1.165) is 25.0 Å². The normalized spacial score (nSPS) is 11.9. The molecular weight excluding hydrogens is 472 g/mol. The van der Waals surface area contributed by atoms with Crippen LogP contribution < -0.4 is 9.47 Å². The molecule has 0 atom stereocenters. The zero-order chi connectivity index (χ0) is 22.6. The summed E-state index contributed by atoms with van der Waals surface area (Å²) in [6.45, 7) is 9.56. The molecule has 0 saturated heterocycles. The summed E-state index contributed by atoms with van der Waals surface area (Å²) in [4.78, 5) is 5.35. The molecule has 5 nitrogen and oxygen atoms in total. The lowest BCUT2D eigenvalue weighted by Crippen LogP contribution is -2.17. The summed E-state index contributed by atoms with van der Waals surface area (Å²) in [6.07, 6.45) is 4.25. The molecule has 0 saturated carbocycles. The maximum atomic E-state index is 6.24. The molecule has 0 aliphatic carbocycles. The first-order chi connectivity index (χ1) is 14.1. The minimum Gasteiger partial charge on any atom is -0.490 e. The third-order valence-electron chi connectivity index (χ3n) is 3.43. The Bertz CT molecular complexity index is 690. The summed E-state index contributed by atoms with van der Waals surface area (Å²) >= 11 is 23.6. The van der Waals surface area contributed by atoms with Gasteiger partial charge in [-0.1, -0.05) is 51.6 Å². The number of rotatable bonds is 13. The van der Waals surface area contributed by atoms with Crippen LogP contribution in [-0.2, 0) is 9.57 Å². The molecule has 1 aromatic carbocycles. The lowest BCUT2D eigenvalue weighted by molar-refractivity contribution is -0.000649. The highest BCUT2D eigenvalue weighted by Crippen LogP contribution is 2.37. The van der Waals surface area contributed by atoms with E-state index >= 15 is 0 Å². The molecular formula is C21H29Cl4NO4. The van der Waals surface area contributed by atoms with E-state index in [1.165, 1.54) is 6.08 Å². The minimum absolute atomic E-state index is 0.135. The first kappa shape index (κ1) is 27.2. The SMILES string of the molecule is CC(COCCCCCOc1c(Cl)cc(OCC=C(Cl)Cl)cc1Cl)=NOC(C)(C)C. The number of nitrogens with zero attached hydrogens (tertiary/aromatic N) is 1. The average molecular weight is 501 g/mol.